The van der Waals surface area contributed by atoms with Crippen molar-refractivity contribution in [2.45, 2.75) is 18.3 Å². The zero-order chi connectivity index (χ0) is 14.0. The lowest BCUT2D eigenvalue weighted by Gasteiger charge is -2.40. The summed E-state index contributed by atoms with van der Waals surface area (Å²) in [5.41, 5.74) is -6.64. The number of benzene rings is 1. The van der Waals surface area contributed by atoms with Crippen molar-refractivity contribution in [3.63, 3.8) is 0 Å². The molecule has 0 N–H and O–H groups in total. The first-order chi connectivity index (χ1) is 8.05. The molecule has 0 unspecified atom stereocenters. The van der Waals surface area contributed by atoms with Gasteiger partial charge in [-0.3, -0.25) is 0 Å². The normalized spacial score (nSPS) is 19.7. The maximum absolute atomic E-state index is 12.9. The van der Waals surface area contributed by atoms with Gasteiger partial charge in [0.05, 0.1) is 16.7 Å². The van der Waals surface area contributed by atoms with E-state index in [-0.39, 0.29) is 0 Å². The molecule has 2 rings (SSSR count). The van der Waals surface area contributed by atoms with Crippen LogP contribution in [0.2, 0.25) is 0 Å². The smallest absolute Gasteiger partial charge is 0.205 e. The van der Waals surface area contributed by atoms with Crippen molar-refractivity contribution >= 4 is 0 Å². The maximum atomic E-state index is 12.9. The number of hydrogen-bond acceptors (Lipinski definition) is 0. The third-order valence-electron chi connectivity index (χ3n) is 2.60. The molecule has 0 nitrogen and oxygen atoms in total. The number of halogens is 9. The van der Waals surface area contributed by atoms with Gasteiger partial charge in [0.15, 0.2) is 17.5 Å². The van der Waals surface area contributed by atoms with Crippen molar-refractivity contribution in [3.8, 4) is 0 Å². The molecule has 0 bridgehead atoms. The van der Waals surface area contributed by atoms with Crippen LogP contribution in [0.1, 0.15) is 23.1 Å². The molecule has 0 aromatic heterocycles. The molecular weight excluding hydrogens is 279 g/mol. The summed E-state index contributed by atoms with van der Waals surface area (Å²) in [5, 5.41) is 0. The van der Waals surface area contributed by atoms with E-state index in [1.54, 1.807) is 0 Å². The van der Waals surface area contributed by atoms with Crippen LogP contribution in [-0.4, -0.2) is 0 Å². The Morgan fingerprint density at radius 3 is 1.56 bits per heavy atom. The Bertz CT molecular complexity index is 508. The zero-order valence-corrected chi connectivity index (χ0v) is 7.98. The monoisotopic (exact) mass is 280 g/mol. The summed E-state index contributed by atoms with van der Waals surface area (Å²) in [6.07, 6.45) is -3.98. The number of alkyl halides is 6. The molecule has 0 spiro atoms. The van der Waals surface area contributed by atoms with Crippen LogP contribution >= 0.6 is 0 Å². The quantitative estimate of drug-likeness (QED) is 0.533. The highest BCUT2D eigenvalue weighted by molar-refractivity contribution is 5.53. The second kappa shape index (κ2) is 3.33. The van der Waals surface area contributed by atoms with Crippen molar-refractivity contribution in [2.24, 2.45) is 0 Å². The van der Waals surface area contributed by atoms with Crippen LogP contribution in [0, 0.1) is 17.5 Å². The predicted molar refractivity (Wildman–Crippen MR) is 39.1 cm³/mol. The molecular formula is C9HF9. The minimum absolute atomic E-state index is 2.18. The molecule has 0 saturated heterocycles. The second-order valence-corrected chi connectivity index (χ2v) is 3.56. The Morgan fingerprint density at radius 2 is 1.11 bits per heavy atom. The first-order valence-corrected chi connectivity index (χ1v) is 4.30. The third kappa shape index (κ3) is 1.19. The van der Waals surface area contributed by atoms with Crippen LogP contribution in [0.25, 0.3) is 0 Å². The fourth-order valence-corrected chi connectivity index (χ4v) is 1.76. The molecule has 0 fully saturated rings. The van der Waals surface area contributed by atoms with Crippen LogP contribution in [0.15, 0.2) is 0 Å². The van der Waals surface area contributed by atoms with Gasteiger partial charge in [-0.15, -0.1) is 0 Å². The van der Waals surface area contributed by atoms with E-state index in [1.165, 1.54) is 0 Å². The Kier molecular flexibility index (Phi) is 2.41. The van der Waals surface area contributed by atoms with Gasteiger partial charge in [0.1, 0.15) is 0 Å². The van der Waals surface area contributed by atoms with E-state index >= 15 is 0 Å². The molecule has 0 radical (unpaired) electrons. The van der Waals surface area contributed by atoms with Gasteiger partial charge < -0.3 is 0 Å². The summed E-state index contributed by atoms with van der Waals surface area (Å²) in [7, 11) is 0. The lowest BCUT2D eigenvalue weighted by atomic mass is 9.76. The first kappa shape index (κ1) is 13.0. The summed E-state index contributed by atoms with van der Waals surface area (Å²) in [5.74, 6) is -18.1. The Balaban J connectivity index is 2.91. The van der Waals surface area contributed by atoms with E-state index in [2.05, 4.69) is 0 Å². The van der Waals surface area contributed by atoms with E-state index in [0.717, 1.165) is 0 Å². The van der Waals surface area contributed by atoms with Crippen LogP contribution in [0.3, 0.4) is 0 Å². The highest BCUT2D eigenvalue weighted by Gasteiger charge is 2.73. The average Bonchev–Trinajstić information content (AvgIpc) is 2.24. The van der Waals surface area contributed by atoms with Gasteiger partial charge in [0, 0.05) is 0 Å². The zero-order valence-electron chi connectivity index (χ0n) is 7.98. The molecule has 18 heavy (non-hydrogen) atoms. The fraction of sp³-hybridized carbons (Fsp3) is 0.333. The fourth-order valence-electron chi connectivity index (χ4n) is 1.76. The van der Waals surface area contributed by atoms with Gasteiger partial charge in [-0.25, -0.2) is 22.0 Å². The minimum atomic E-state index is -5.16. The first-order valence-electron chi connectivity index (χ1n) is 4.30. The van der Waals surface area contributed by atoms with E-state index in [4.69, 9.17) is 0 Å². The van der Waals surface area contributed by atoms with Crippen LogP contribution < -0.4 is 0 Å². The molecule has 1 aliphatic rings. The van der Waals surface area contributed by atoms with Gasteiger partial charge in [-0.2, -0.15) is 17.6 Å². The standard InChI is InChI=1S/C9HF9/c10-4-1(7(13)14)2-3(5(11)6(4)12)9(17,18)8(2,15)16/h7H. The summed E-state index contributed by atoms with van der Waals surface area (Å²) in [6, 6.07) is 0. The topological polar surface area (TPSA) is 0 Å². The third-order valence-corrected chi connectivity index (χ3v) is 2.60. The van der Waals surface area contributed by atoms with E-state index < -0.39 is 52.4 Å². The molecule has 0 atom stereocenters. The van der Waals surface area contributed by atoms with Crippen molar-refractivity contribution in [1.29, 1.82) is 0 Å². The number of hydrogen-bond donors (Lipinski definition) is 0. The van der Waals surface area contributed by atoms with Crippen molar-refractivity contribution in [1.82, 2.24) is 0 Å². The molecule has 1 aromatic rings. The Morgan fingerprint density at radius 1 is 0.667 bits per heavy atom. The van der Waals surface area contributed by atoms with Gasteiger partial charge in [-0.05, 0) is 0 Å². The van der Waals surface area contributed by atoms with Crippen molar-refractivity contribution in [2.75, 3.05) is 0 Å². The molecule has 0 saturated carbocycles. The van der Waals surface area contributed by atoms with Crippen LogP contribution in [-0.2, 0) is 11.8 Å². The molecule has 0 heterocycles. The summed E-state index contributed by atoms with van der Waals surface area (Å²) in [6.45, 7) is 0. The van der Waals surface area contributed by atoms with Crippen molar-refractivity contribution in [3.05, 3.63) is 34.1 Å². The Hall–Kier alpha value is -1.41. The molecule has 1 aliphatic carbocycles. The van der Waals surface area contributed by atoms with Gasteiger partial charge in [0.2, 0.25) is 0 Å². The number of fused-ring (bicyclic) bond motifs is 1. The largest absolute Gasteiger partial charge is 0.343 e. The van der Waals surface area contributed by atoms with Crippen molar-refractivity contribution < 1.29 is 39.5 Å². The minimum Gasteiger partial charge on any atom is -0.205 e. The molecule has 0 amide bonds. The maximum Gasteiger partial charge on any atom is 0.343 e. The summed E-state index contributed by atoms with van der Waals surface area (Å²) < 4.78 is 115. The van der Waals surface area contributed by atoms with Crippen LogP contribution in [0.4, 0.5) is 39.5 Å². The lowest BCUT2D eigenvalue weighted by molar-refractivity contribution is -0.258. The van der Waals surface area contributed by atoms with Crippen LogP contribution in [0.5, 0.6) is 0 Å². The Labute approximate surface area is 93.0 Å². The summed E-state index contributed by atoms with van der Waals surface area (Å²) >= 11 is 0. The lowest BCUT2D eigenvalue weighted by Crippen LogP contribution is -2.49. The molecule has 100 valence electrons. The van der Waals surface area contributed by atoms with Gasteiger partial charge in [0.25, 0.3) is 6.43 Å². The molecule has 9 heteroatoms. The van der Waals surface area contributed by atoms with E-state index in [1.807, 2.05) is 0 Å². The van der Waals surface area contributed by atoms with E-state index in [9.17, 15) is 39.5 Å². The SMILES string of the molecule is Fc1c(F)c(C(F)F)c2c(c1F)C(F)(F)C2(F)F. The number of rotatable bonds is 1. The van der Waals surface area contributed by atoms with Gasteiger partial charge >= 0.3 is 11.8 Å². The predicted octanol–water partition coefficient (Wildman–Crippen LogP) is 4.24. The highest BCUT2D eigenvalue weighted by atomic mass is 19.3. The second-order valence-electron chi connectivity index (χ2n) is 3.56. The summed E-state index contributed by atoms with van der Waals surface area (Å²) in [4.78, 5) is 0. The van der Waals surface area contributed by atoms with Gasteiger partial charge in [-0.1, -0.05) is 0 Å². The average molecular weight is 280 g/mol. The molecule has 0 aliphatic heterocycles. The van der Waals surface area contributed by atoms with E-state index in [0.29, 0.717) is 0 Å². The highest BCUT2D eigenvalue weighted by Crippen LogP contribution is 2.63. The molecule has 1 aromatic carbocycles.